The smallest absolute Gasteiger partial charge is 0.158 e. The van der Waals surface area contributed by atoms with Crippen molar-refractivity contribution in [3.05, 3.63) is 71.0 Å². The lowest BCUT2D eigenvalue weighted by atomic mass is 10.1. The Labute approximate surface area is 128 Å². The molecule has 0 atom stereocenters. The standard InChI is InChI=1S/C15H14FNO2S2/c16-14-6-4-11(5-7-14)9-21(18,19)10-12-2-1-3-13(8-12)15(17)20/h1-8H,9-10H2,(H2,17,20). The van der Waals surface area contributed by atoms with Crippen LogP contribution in [-0.2, 0) is 21.3 Å². The van der Waals surface area contributed by atoms with Crippen LogP contribution in [0.1, 0.15) is 16.7 Å². The van der Waals surface area contributed by atoms with E-state index in [-0.39, 0.29) is 22.3 Å². The number of sulfone groups is 1. The number of hydrogen-bond acceptors (Lipinski definition) is 3. The average Bonchev–Trinajstić information content (AvgIpc) is 2.41. The van der Waals surface area contributed by atoms with Crippen molar-refractivity contribution in [2.24, 2.45) is 5.73 Å². The molecule has 0 unspecified atom stereocenters. The molecule has 2 aromatic carbocycles. The Morgan fingerprint density at radius 2 is 1.67 bits per heavy atom. The van der Waals surface area contributed by atoms with Crippen LogP contribution in [0.2, 0.25) is 0 Å². The van der Waals surface area contributed by atoms with E-state index >= 15 is 0 Å². The van der Waals surface area contributed by atoms with Crippen LogP contribution in [0.5, 0.6) is 0 Å². The predicted molar refractivity (Wildman–Crippen MR) is 85.1 cm³/mol. The highest BCUT2D eigenvalue weighted by molar-refractivity contribution is 7.89. The topological polar surface area (TPSA) is 60.2 Å². The SMILES string of the molecule is NC(=S)c1cccc(CS(=O)(=O)Cc2ccc(F)cc2)c1. The van der Waals surface area contributed by atoms with Gasteiger partial charge in [0.15, 0.2) is 9.84 Å². The number of benzene rings is 2. The van der Waals surface area contributed by atoms with Crippen LogP contribution < -0.4 is 5.73 Å². The fraction of sp³-hybridized carbons (Fsp3) is 0.133. The Balaban J connectivity index is 2.15. The Hall–Kier alpha value is -1.79. The van der Waals surface area contributed by atoms with Crippen molar-refractivity contribution < 1.29 is 12.8 Å². The Kier molecular flexibility index (Phi) is 4.69. The highest BCUT2D eigenvalue weighted by Crippen LogP contribution is 2.14. The molecule has 0 saturated carbocycles. The molecular formula is C15H14FNO2S2. The van der Waals surface area contributed by atoms with Crippen molar-refractivity contribution in [2.75, 3.05) is 0 Å². The van der Waals surface area contributed by atoms with Gasteiger partial charge >= 0.3 is 0 Å². The van der Waals surface area contributed by atoms with Gasteiger partial charge in [0.25, 0.3) is 0 Å². The second kappa shape index (κ2) is 6.32. The lowest BCUT2D eigenvalue weighted by molar-refractivity contribution is 0.594. The quantitative estimate of drug-likeness (QED) is 0.859. The van der Waals surface area contributed by atoms with Crippen LogP contribution in [0, 0.1) is 5.82 Å². The molecule has 0 fully saturated rings. The normalized spacial score (nSPS) is 11.3. The molecule has 6 heteroatoms. The summed E-state index contributed by atoms with van der Waals surface area (Å²) in [6.45, 7) is 0. The first-order valence-electron chi connectivity index (χ1n) is 6.19. The van der Waals surface area contributed by atoms with Gasteiger partial charge in [0.1, 0.15) is 10.8 Å². The summed E-state index contributed by atoms with van der Waals surface area (Å²) in [5, 5.41) is 0. The number of thiocarbonyl (C=S) groups is 1. The lowest BCUT2D eigenvalue weighted by Gasteiger charge is -2.06. The Morgan fingerprint density at radius 3 is 2.29 bits per heavy atom. The van der Waals surface area contributed by atoms with E-state index in [2.05, 4.69) is 0 Å². The van der Waals surface area contributed by atoms with E-state index < -0.39 is 9.84 Å². The van der Waals surface area contributed by atoms with Gasteiger partial charge in [-0.25, -0.2) is 12.8 Å². The largest absolute Gasteiger partial charge is 0.389 e. The minimum absolute atomic E-state index is 0.110. The monoisotopic (exact) mass is 323 g/mol. The molecule has 2 aromatic rings. The molecule has 0 spiro atoms. The van der Waals surface area contributed by atoms with Gasteiger partial charge in [-0.1, -0.05) is 42.5 Å². The Morgan fingerprint density at radius 1 is 1.05 bits per heavy atom. The van der Waals surface area contributed by atoms with Crippen molar-refractivity contribution in [3.63, 3.8) is 0 Å². The van der Waals surface area contributed by atoms with E-state index in [0.717, 1.165) is 0 Å². The minimum Gasteiger partial charge on any atom is -0.389 e. The molecular weight excluding hydrogens is 309 g/mol. The molecule has 21 heavy (non-hydrogen) atoms. The molecule has 0 saturated heterocycles. The highest BCUT2D eigenvalue weighted by atomic mass is 32.2. The van der Waals surface area contributed by atoms with E-state index in [0.29, 0.717) is 16.7 Å². The third kappa shape index (κ3) is 4.61. The molecule has 0 aliphatic rings. The maximum atomic E-state index is 12.8. The second-order valence-corrected chi connectivity index (χ2v) is 7.23. The van der Waals surface area contributed by atoms with Crippen LogP contribution in [0.4, 0.5) is 4.39 Å². The molecule has 2 N–H and O–H groups in total. The zero-order valence-electron chi connectivity index (χ0n) is 11.1. The highest BCUT2D eigenvalue weighted by Gasteiger charge is 2.14. The van der Waals surface area contributed by atoms with E-state index in [1.165, 1.54) is 24.3 Å². The zero-order valence-corrected chi connectivity index (χ0v) is 12.8. The van der Waals surface area contributed by atoms with Crippen molar-refractivity contribution >= 4 is 27.0 Å². The minimum atomic E-state index is -3.35. The maximum Gasteiger partial charge on any atom is 0.158 e. The van der Waals surface area contributed by atoms with Crippen molar-refractivity contribution in [1.29, 1.82) is 0 Å². The van der Waals surface area contributed by atoms with Crippen LogP contribution in [-0.4, -0.2) is 13.4 Å². The summed E-state index contributed by atoms with van der Waals surface area (Å²) in [6.07, 6.45) is 0. The van der Waals surface area contributed by atoms with E-state index in [1.54, 1.807) is 24.3 Å². The maximum absolute atomic E-state index is 12.8. The average molecular weight is 323 g/mol. The number of rotatable bonds is 5. The van der Waals surface area contributed by atoms with Gasteiger partial charge in [-0.05, 0) is 29.3 Å². The van der Waals surface area contributed by atoms with Gasteiger partial charge in [0, 0.05) is 5.56 Å². The summed E-state index contributed by atoms with van der Waals surface area (Å²) in [5.41, 5.74) is 7.35. The van der Waals surface area contributed by atoms with Crippen molar-refractivity contribution in [3.8, 4) is 0 Å². The van der Waals surface area contributed by atoms with Gasteiger partial charge in [-0.3, -0.25) is 0 Å². The van der Waals surface area contributed by atoms with Crippen molar-refractivity contribution in [1.82, 2.24) is 0 Å². The third-order valence-corrected chi connectivity index (χ3v) is 4.68. The summed E-state index contributed by atoms with van der Waals surface area (Å²) < 4.78 is 37.2. The number of halogens is 1. The molecule has 0 amide bonds. The molecule has 0 aromatic heterocycles. The van der Waals surface area contributed by atoms with Crippen LogP contribution in [0.25, 0.3) is 0 Å². The first-order valence-corrected chi connectivity index (χ1v) is 8.42. The fourth-order valence-electron chi connectivity index (χ4n) is 1.95. The predicted octanol–water partition coefficient (Wildman–Crippen LogP) is 2.57. The first-order chi connectivity index (χ1) is 9.85. The first kappa shape index (κ1) is 15.6. The molecule has 0 aliphatic heterocycles. The van der Waals surface area contributed by atoms with Gasteiger partial charge < -0.3 is 5.73 Å². The molecule has 3 nitrogen and oxygen atoms in total. The Bertz CT molecular complexity index is 755. The van der Waals surface area contributed by atoms with E-state index in [9.17, 15) is 12.8 Å². The summed E-state index contributed by atoms with van der Waals surface area (Å²) in [7, 11) is -3.35. The number of nitrogens with two attached hydrogens (primary N) is 1. The molecule has 0 aliphatic carbocycles. The van der Waals surface area contributed by atoms with E-state index in [4.69, 9.17) is 18.0 Å². The summed E-state index contributed by atoms with van der Waals surface area (Å²) in [6, 6.07) is 12.3. The second-order valence-electron chi connectivity index (χ2n) is 4.72. The summed E-state index contributed by atoms with van der Waals surface area (Å²) in [4.78, 5) is 0.229. The molecule has 110 valence electrons. The van der Waals surface area contributed by atoms with Crippen LogP contribution in [0.3, 0.4) is 0 Å². The molecule has 0 heterocycles. The number of hydrogen-bond donors (Lipinski definition) is 1. The zero-order chi connectivity index (χ0) is 15.5. The third-order valence-electron chi connectivity index (χ3n) is 2.90. The van der Waals surface area contributed by atoms with Gasteiger partial charge in [0.05, 0.1) is 11.5 Å². The molecule has 0 radical (unpaired) electrons. The van der Waals surface area contributed by atoms with Gasteiger partial charge in [-0.15, -0.1) is 0 Å². The fourth-order valence-corrected chi connectivity index (χ4v) is 3.57. The van der Waals surface area contributed by atoms with Gasteiger partial charge in [-0.2, -0.15) is 0 Å². The lowest BCUT2D eigenvalue weighted by Crippen LogP contribution is -2.11. The van der Waals surface area contributed by atoms with Crippen LogP contribution >= 0.6 is 12.2 Å². The van der Waals surface area contributed by atoms with Crippen molar-refractivity contribution in [2.45, 2.75) is 11.5 Å². The summed E-state index contributed by atoms with van der Waals surface area (Å²) >= 11 is 4.87. The van der Waals surface area contributed by atoms with Gasteiger partial charge in [0.2, 0.25) is 0 Å². The van der Waals surface area contributed by atoms with Crippen LogP contribution in [0.15, 0.2) is 48.5 Å². The van der Waals surface area contributed by atoms with E-state index in [1.807, 2.05) is 0 Å². The summed E-state index contributed by atoms with van der Waals surface area (Å²) in [5.74, 6) is -0.633. The molecule has 2 rings (SSSR count). The molecule has 0 bridgehead atoms.